The Morgan fingerprint density at radius 3 is 2.34 bits per heavy atom. The fourth-order valence-corrected chi connectivity index (χ4v) is 2.90. The number of rotatable bonds is 9. The van der Waals surface area contributed by atoms with Gasteiger partial charge in [0.2, 0.25) is 5.91 Å². The van der Waals surface area contributed by atoms with Gasteiger partial charge in [0.1, 0.15) is 11.8 Å². The molecule has 0 saturated carbocycles. The molecule has 2 rings (SSSR count). The summed E-state index contributed by atoms with van der Waals surface area (Å²) in [6, 6.07) is 14.3. The minimum atomic E-state index is -0.627. The second-order valence-corrected chi connectivity index (χ2v) is 7.95. The van der Waals surface area contributed by atoms with Crippen LogP contribution < -0.4 is 10.1 Å². The maximum absolute atomic E-state index is 13.0. The summed E-state index contributed by atoms with van der Waals surface area (Å²) < 4.78 is 5.61. The fraction of sp³-hybridized carbons (Fsp3) is 0.391. The number of halogens is 1. The van der Waals surface area contributed by atoms with Crippen molar-refractivity contribution in [2.45, 2.75) is 40.3 Å². The number of benzene rings is 2. The number of amides is 2. The molecule has 5 nitrogen and oxygen atoms in total. The molecular weight excluding hydrogens is 388 g/mol. The SMILES string of the molecule is Cc1ccc(CN(C(=O)COc2ccccc2Cl)C(C)C(=O)NCC(C)C)cc1. The van der Waals surface area contributed by atoms with Crippen molar-refractivity contribution in [3.63, 3.8) is 0 Å². The zero-order valence-electron chi connectivity index (χ0n) is 17.4. The van der Waals surface area contributed by atoms with E-state index < -0.39 is 6.04 Å². The predicted octanol–water partition coefficient (Wildman–Crippen LogP) is 4.22. The van der Waals surface area contributed by atoms with Crippen LogP contribution in [0.5, 0.6) is 5.75 Å². The summed E-state index contributed by atoms with van der Waals surface area (Å²) in [6.07, 6.45) is 0. The van der Waals surface area contributed by atoms with E-state index in [0.717, 1.165) is 11.1 Å². The highest BCUT2D eigenvalue weighted by molar-refractivity contribution is 6.32. The molecule has 0 aliphatic heterocycles. The van der Waals surface area contributed by atoms with Crippen molar-refractivity contribution in [3.05, 3.63) is 64.7 Å². The van der Waals surface area contributed by atoms with Crippen LogP contribution in [-0.2, 0) is 16.1 Å². The van der Waals surface area contributed by atoms with Gasteiger partial charge >= 0.3 is 0 Å². The molecule has 0 saturated heterocycles. The number of nitrogens with one attached hydrogen (secondary N) is 1. The van der Waals surface area contributed by atoms with Crippen LogP contribution in [0.25, 0.3) is 0 Å². The Labute approximate surface area is 178 Å². The number of ether oxygens (including phenoxy) is 1. The summed E-state index contributed by atoms with van der Waals surface area (Å²) in [5.41, 5.74) is 2.08. The molecule has 2 amide bonds. The lowest BCUT2D eigenvalue weighted by Gasteiger charge is -2.29. The lowest BCUT2D eigenvalue weighted by Crippen LogP contribution is -2.49. The lowest BCUT2D eigenvalue weighted by molar-refractivity contribution is -0.142. The molecule has 156 valence electrons. The van der Waals surface area contributed by atoms with Gasteiger partial charge in [-0.05, 0) is 37.5 Å². The van der Waals surface area contributed by atoms with Crippen molar-refractivity contribution in [1.82, 2.24) is 10.2 Å². The smallest absolute Gasteiger partial charge is 0.261 e. The molecule has 0 heterocycles. The van der Waals surface area contributed by atoms with Crippen LogP contribution in [0.1, 0.15) is 31.9 Å². The summed E-state index contributed by atoms with van der Waals surface area (Å²) >= 11 is 6.10. The van der Waals surface area contributed by atoms with Crippen LogP contribution in [0.3, 0.4) is 0 Å². The first-order valence-corrected chi connectivity index (χ1v) is 10.2. The van der Waals surface area contributed by atoms with E-state index >= 15 is 0 Å². The predicted molar refractivity (Wildman–Crippen MR) is 116 cm³/mol. The van der Waals surface area contributed by atoms with Gasteiger partial charge in [-0.25, -0.2) is 0 Å². The molecule has 1 unspecified atom stereocenters. The van der Waals surface area contributed by atoms with Gasteiger partial charge in [0.05, 0.1) is 5.02 Å². The van der Waals surface area contributed by atoms with E-state index in [1.807, 2.05) is 45.0 Å². The number of nitrogens with zero attached hydrogens (tertiary/aromatic N) is 1. The number of aryl methyl sites for hydroxylation is 1. The molecule has 1 atom stereocenters. The average Bonchev–Trinajstić information content (AvgIpc) is 2.70. The molecule has 29 heavy (non-hydrogen) atoms. The fourth-order valence-electron chi connectivity index (χ4n) is 2.71. The third kappa shape index (κ3) is 7.09. The molecule has 6 heteroatoms. The first kappa shape index (κ1) is 22.8. The van der Waals surface area contributed by atoms with E-state index in [9.17, 15) is 9.59 Å². The van der Waals surface area contributed by atoms with Crippen LogP contribution in [0.15, 0.2) is 48.5 Å². The summed E-state index contributed by atoms with van der Waals surface area (Å²) in [7, 11) is 0. The van der Waals surface area contributed by atoms with E-state index in [4.69, 9.17) is 16.3 Å². The third-order valence-electron chi connectivity index (χ3n) is 4.51. The summed E-state index contributed by atoms with van der Waals surface area (Å²) in [5, 5.41) is 3.34. The molecule has 0 aromatic heterocycles. The quantitative estimate of drug-likeness (QED) is 0.665. The Morgan fingerprint density at radius 1 is 1.07 bits per heavy atom. The molecule has 0 aliphatic carbocycles. The molecule has 1 N–H and O–H groups in total. The maximum atomic E-state index is 13.0. The first-order valence-electron chi connectivity index (χ1n) is 9.78. The number of carbonyl (C=O) groups is 2. The molecule has 0 spiro atoms. The van der Waals surface area contributed by atoms with Gasteiger partial charge in [-0.2, -0.15) is 0 Å². The maximum Gasteiger partial charge on any atom is 0.261 e. The zero-order chi connectivity index (χ0) is 21.4. The monoisotopic (exact) mass is 416 g/mol. The minimum Gasteiger partial charge on any atom is -0.482 e. The molecule has 2 aromatic rings. The van der Waals surface area contributed by atoms with Crippen molar-refractivity contribution in [2.24, 2.45) is 5.92 Å². The summed E-state index contributed by atoms with van der Waals surface area (Å²) in [4.78, 5) is 27.1. The minimum absolute atomic E-state index is 0.183. The normalized spacial score (nSPS) is 11.8. The van der Waals surface area contributed by atoms with Gasteiger partial charge in [-0.15, -0.1) is 0 Å². The second kappa shape index (κ2) is 10.9. The highest BCUT2D eigenvalue weighted by Crippen LogP contribution is 2.23. The molecule has 0 fully saturated rings. The molecule has 0 bridgehead atoms. The number of hydrogen-bond donors (Lipinski definition) is 1. The molecular formula is C23H29ClN2O3. The highest BCUT2D eigenvalue weighted by atomic mass is 35.5. The molecule has 0 radical (unpaired) electrons. The van der Waals surface area contributed by atoms with E-state index in [-0.39, 0.29) is 18.4 Å². The van der Waals surface area contributed by atoms with Gasteiger partial charge in [0.25, 0.3) is 5.91 Å². The number of para-hydroxylation sites is 1. The van der Waals surface area contributed by atoms with Gasteiger partial charge in [-0.1, -0.05) is 67.4 Å². The lowest BCUT2D eigenvalue weighted by atomic mass is 10.1. The Morgan fingerprint density at radius 2 is 1.72 bits per heavy atom. The van der Waals surface area contributed by atoms with E-state index in [0.29, 0.717) is 29.8 Å². The third-order valence-corrected chi connectivity index (χ3v) is 4.83. The Balaban J connectivity index is 2.13. The highest BCUT2D eigenvalue weighted by Gasteiger charge is 2.26. The van der Waals surface area contributed by atoms with Crippen LogP contribution in [-0.4, -0.2) is 35.9 Å². The largest absolute Gasteiger partial charge is 0.482 e. The van der Waals surface area contributed by atoms with Gasteiger partial charge in [0.15, 0.2) is 6.61 Å². The van der Waals surface area contributed by atoms with Crippen molar-refractivity contribution in [3.8, 4) is 5.75 Å². The topological polar surface area (TPSA) is 58.6 Å². The van der Waals surface area contributed by atoms with Crippen LogP contribution in [0.2, 0.25) is 5.02 Å². The van der Waals surface area contributed by atoms with E-state index in [1.54, 1.807) is 31.2 Å². The molecule has 2 aromatic carbocycles. The summed E-state index contributed by atoms with van der Waals surface area (Å²) in [5.74, 6) is 0.306. The first-order chi connectivity index (χ1) is 13.8. The Hall–Kier alpha value is -2.53. The van der Waals surface area contributed by atoms with E-state index in [1.165, 1.54) is 4.90 Å². The number of hydrogen-bond acceptors (Lipinski definition) is 3. The molecule has 0 aliphatic rings. The standard InChI is InChI=1S/C23H29ClN2O3/c1-16(2)13-25-23(28)18(4)26(14-19-11-9-17(3)10-12-19)22(27)15-29-21-8-6-5-7-20(21)24/h5-12,16,18H,13-15H2,1-4H3,(H,25,28). The zero-order valence-corrected chi connectivity index (χ0v) is 18.2. The van der Waals surface area contributed by atoms with Crippen LogP contribution >= 0.6 is 11.6 Å². The Bertz CT molecular complexity index is 821. The van der Waals surface area contributed by atoms with Crippen LogP contribution in [0, 0.1) is 12.8 Å². The van der Waals surface area contributed by atoms with Crippen molar-refractivity contribution >= 4 is 23.4 Å². The second-order valence-electron chi connectivity index (χ2n) is 7.54. The van der Waals surface area contributed by atoms with Crippen molar-refractivity contribution in [2.75, 3.05) is 13.2 Å². The average molecular weight is 417 g/mol. The van der Waals surface area contributed by atoms with Gasteiger partial charge in [-0.3, -0.25) is 9.59 Å². The van der Waals surface area contributed by atoms with Crippen LogP contribution in [0.4, 0.5) is 0 Å². The van der Waals surface area contributed by atoms with Crippen molar-refractivity contribution < 1.29 is 14.3 Å². The Kier molecular flexibility index (Phi) is 8.52. The summed E-state index contributed by atoms with van der Waals surface area (Å²) in [6.45, 7) is 8.48. The van der Waals surface area contributed by atoms with E-state index in [2.05, 4.69) is 5.32 Å². The number of carbonyl (C=O) groups excluding carboxylic acids is 2. The van der Waals surface area contributed by atoms with Gasteiger partial charge in [0, 0.05) is 13.1 Å². The van der Waals surface area contributed by atoms with Gasteiger partial charge < -0.3 is 15.0 Å². The van der Waals surface area contributed by atoms with Crippen molar-refractivity contribution in [1.29, 1.82) is 0 Å².